The zero-order valence-corrected chi connectivity index (χ0v) is 21.9. The molecule has 0 aliphatic carbocycles. The molecule has 0 aromatic heterocycles. The first-order chi connectivity index (χ1) is 18.9. The van der Waals surface area contributed by atoms with Crippen LogP contribution in [0.4, 0.5) is 39.5 Å². The molecule has 0 saturated carbocycles. The molecule has 1 N–H and O–H groups in total. The Balaban J connectivity index is 1.98. The van der Waals surface area contributed by atoms with Crippen LogP contribution in [0.25, 0.3) is 0 Å². The zero-order chi connectivity index (χ0) is 30.3. The molecule has 4 rings (SSSR count). The first-order valence-corrected chi connectivity index (χ1v) is 14.4. The minimum atomic E-state index is -4.85. The molecule has 4 aromatic rings. The summed E-state index contributed by atoms with van der Waals surface area (Å²) in [6.07, 6.45) is -14.3. The molecule has 0 saturated heterocycles. The number of benzene rings is 4. The fourth-order valence-corrected chi connectivity index (χ4v) is 9.30. The molecule has 0 aliphatic rings. The summed E-state index contributed by atoms with van der Waals surface area (Å²) in [4.78, 5) is -0.675. The van der Waals surface area contributed by atoms with Crippen LogP contribution in [-0.4, -0.2) is 12.0 Å². The van der Waals surface area contributed by atoms with Crippen molar-refractivity contribution in [3.63, 3.8) is 0 Å². The minimum Gasteiger partial charge on any atom is -0.258 e. The molecule has 0 unspecified atom stereocenters. The van der Waals surface area contributed by atoms with E-state index in [1.54, 1.807) is 6.07 Å². The molecule has 0 fully saturated rings. The van der Waals surface area contributed by atoms with E-state index in [9.17, 15) is 47.9 Å². The van der Waals surface area contributed by atoms with Gasteiger partial charge in [-0.2, -0.15) is 39.5 Å². The second-order valence-electron chi connectivity index (χ2n) is 8.51. The van der Waals surface area contributed by atoms with Gasteiger partial charge in [-0.25, -0.2) is 0 Å². The molecule has 41 heavy (non-hydrogen) atoms. The van der Waals surface area contributed by atoms with Crippen molar-refractivity contribution >= 4 is 20.4 Å². The van der Waals surface area contributed by atoms with Gasteiger partial charge in [-0.15, -0.1) is 8.42 Å². The average Bonchev–Trinajstić information content (AvgIpc) is 2.91. The lowest BCUT2D eigenvalue weighted by atomic mass is 10.2. The number of alkyl halides is 9. The summed E-state index contributed by atoms with van der Waals surface area (Å²) in [6, 6.07) is 16.4. The Bertz CT molecular complexity index is 1540. The Kier molecular flexibility index (Phi) is 7.97. The SMILES string of the molecule is O=S(=O)([OH+]S(c1ccccc1)(c1ccc(C(F)(F)F)cc1)c1ccc(C(F)(F)F)cc1)c1ccc(C(F)(F)F)cc1. The highest BCUT2D eigenvalue weighted by Gasteiger charge is 2.45. The smallest absolute Gasteiger partial charge is 0.258 e. The van der Waals surface area contributed by atoms with Gasteiger partial charge in [0.15, 0.2) is 0 Å². The predicted molar refractivity (Wildman–Crippen MR) is 133 cm³/mol. The second kappa shape index (κ2) is 10.7. The van der Waals surface area contributed by atoms with Crippen LogP contribution in [0.15, 0.2) is 123 Å². The van der Waals surface area contributed by atoms with Crippen molar-refractivity contribution < 1.29 is 51.6 Å². The fourth-order valence-electron chi connectivity index (χ4n) is 3.84. The third kappa shape index (κ3) is 6.39. The van der Waals surface area contributed by atoms with E-state index in [0.717, 1.165) is 24.3 Å². The predicted octanol–water partition coefficient (Wildman–Crippen LogP) is 9.42. The van der Waals surface area contributed by atoms with Gasteiger partial charge in [0.1, 0.15) is 4.90 Å². The maximum atomic E-state index is 13.6. The molecular formula is C27H18F9O3S2+. The second-order valence-corrected chi connectivity index (χ2v) is 13.1. The zero-order valence-electron chi connectivity index (χ0n) is 20.3. The number of rotatable bonds is 6. The maximum Gasteiger partial charge on any atom is 0.422 e. The summed E-state index contributed by atoms with van der Waals surface area (Å²) in [5, 5.41) is 0. The van der Waals surface area contributed by atoms with Gasteiger partial charge in [-0.1, -0.05) is 18.2 Å². The van der Waals surface area contributed by atoms with Gasteiger partial charge in [0, 0.05) is 0 Å². The highest BCUT2D eigenvalue weighted by Crippen LogP contribution is 2.68. The lowest BCUT2D eigenvalue weighted by molar-refractivity contribution is -0.138. The van der Waals surface area contributed by atoms with E-state index in [1.165, 1.54) is 24.3 Å². The highest BCUT2D eigenvalue weighted by atomic mass is 32.3. The molecule has 0 bridgehead atoms. The Hall–Kier alpha value is -3.49. The molecule has 0 radical (unpaired) electrons. The van der Waals surface area contributed by atoms with Crippen LogP contribution in [0.2, 0.25) is 0 Å². The lowest BCUT2D eigenvalue weighted by Crippen LogP contribution is -2.19. The molecule has 3 nitrogen and oxygen atoms in total. The first kappa shape index (κ1) is 30.5. The van der Waals surface area contributed by atoms with E-state index in [0.29, 0.717) is 48.5 Å². The van der Waals surface area contributed by atoms with Crippen molar-refractivity contribution in [2.75, 3.05) is 0 Å². The molecular weight excluding hydrogens is 607 g/mol. The third-order valence-corrected chi connectivity index (χ3v) is 11.2. The van der Waals surface area contributed by atoms with Crippen LogP contribution in [0.1, 0.15) is 16.7 Å². The van der Waals surface area contributed by atoms with Crippen molar-refractivity contribution in [3.8, 4) is 0 Å². The van der Waals surface area contributed by atoms with Crippen LogP contribution in [0, 0.1) is 0 Å². The van der Waals surface area contributed by atoms with Crippen LogP contribution >= 0.6 is 10.3 Å². The van der Waals surface area contributed by atoms with E-state index in [4.69, 9.17) is 0 Å². The first-order valence-electron chi connectivity index (χ1n) is 11.3. The summed E-state index contributed by atoms with van der Waals surface area (Å²) in [5.41, 5.74) is -3.27. The molecule has 0 spiro atoms. The normalized spacial score (nSPS) is 13.7. The Labute approximate surface area is 229 Å². The van der Waals surface area contributed by atoms with Crippen LogP contribution < -0.4 is 0 Å². The molecule has 14 heteroatoms. The van der Waals surface area contributed by atoms with Crippen molar-refractivity contribution in [3.05, 3.63) is 120 Å². The standard InChI is InChI=1S/C27H17F9O3S2/c28-25(29,30)18-6-12-22(13-7-18)40(21-4-2-1-3-5-21,23-14-8-19(9-15-23)26(31,32)33)39-41(37,38)24-16-10-20(11-17-24)27(34,35)36/h1-17H/p+1. The van der Waals surface area contributed by atoms with Gasteiger partial charge in [-0.05, 0) is 84.9 Å². The minimum absolute atomic E-state index is 0.0769. The third-order valence-electron chi connectivity index (χ3n) is 5.82. The van der Waals surface area contributed by atoms with E-state index in [-0.39, 0.29) is 14.7 Å². The Morgan fingerprint density at radius 2 is 0.707 bits per heavy atom. The molecule has 0 atom stereocenters. The van der Waals surface area contributed by atoms with Crippen molar-refractivity contribution in [1.82, 2.24) is 0 Å². The van der Waals surface area contributed by atoms with Crippen LogP contribution in [0.5, 0.6) is 0 Å². The van der Waals surface area contributed by atoms with E-state index >= 15 is 0 Å². The molecule has 0 aliphatic heterocycles. The van der Waals surface area contributed by atoms with Gasteiger partial charge < -0.3 is 0 Å². The van der Waals surface area contributed by atoms with Gasteiger partial charge >= 0.3 is 28.6 Å². The molecule has 218 valence electrons. The van der Waals surface area contributed by atoms with Gasteiger partial charge in [0.05, 0.1) is 41.7 Å². The Morgan fingerprint density at radius 1 is 0.415 bits per heavy atom. The monoisotopic (exact) mass is 625 g/mol. The van der Waals surface area contributed by atoms with Gasteiger partial charge in [0.2, 0.25) is 0 Å². The largest absolute Gasteiger partial charge is 0.422 e. The average molecular weight is 626 g/mol. The quantitative estimate of drug-likeness (QED) is 0.122. The summed E-state index contributed by atoms with van der Waals surface area (Å²) in [7, 11) is -8.37. The van der Waals surface area contributed by atoms with Gasteiger partial charge in [-0.3, -0.25) is 3.63 Å². The van der Waals surface area contributed by atoms with E-state index < -0.39 is 60.5 Å². The summed E-state index contributed by atoms with van der Waals surface area (Å²) < 4.78 is 150. The molecule has 4 aromatic carbocycles. The van der Waals surface area contributed by atoms with Crippen LogP contribution in [-0.2, 0) is 28.6 Å². The van der Waals surface area contributed by atoms with E-state index in [1.807, 2.05) is 0 Å². The summed E-state index contributed by atoms with van der Waals surface area (Å²) in [5.74, 6) is 0. The number of hydrogen-bond donors (Lipinski definition) is 0. The fraction of sp³-hybridized carbons (Fsp3) is 0.111. The van der Waals surface area contributed by atoms with Crippen molar-refractivity contribution in [2.24, 2.45) is 0 Å². The lowest BCUT2D eigenvalue weighted by Gasteiger charge is -2.35. The molecule has 0 heterocycles. The maximum absolute atomic E-state index is 13.6. The highest BCUT2D eigenvalue weighted by molar-refractivity contribution is 8.32. The molecule has 0 amide bonds. The summed E-state index contributed by atoms with van der Waals surface area (Å²) in [6.45, 7) is 0. The number of halogens is 9. The van der Waals surface area contributed by atoms with Gasteiger partial charge in [0.25, 0.3) is 0 Å². The van der Waals surface area contributed by atoms with E-state index in [2.05, 4.69) is 3.63 Å². The van der Waals surface area contributed by atoms with Crippen molar-refractivity contribution in [1.29, 1.82) is 0 Å². The topological polar surface area (TPSA) is 46.9 Å². The number of hydrogen-bond acceptors (Lipinski definition) is 2. The Morgan fingerprint density at radius 3 is 1.02 bits per heavy atom. The van der Waals surface area contributed by atoms with Crippen LogP contribution in [0.3, 0.4) is 0 Å². The van der Waals surface area contributed by atoms with Crippen molar-refractivity contribution in [2.45, 2.75) is 38.1 Å². The summed E-state index contributed by atoms with van der Waals surface area (Å²) >= 11 is 0.